The fourth-order valence-electron chi connectivity index (χ4n) is 4.10. The van der Waals surface area contributed by atoms with Gasteiger partial charge >= 0.3 is 6.09 Å². The molecule has 2 rings (SSSR count). The normalized spacial score (nSPS) is 16.4. The van der Waals surface area contributed by atoms with Crippen LogP contribution in [0.2, 0.25) is 0 Å². The van der Waals surface area contributed by atoms with Crippen LogP contribution in [-0.4, -0.2) is 52.1 Å². The molecule has 2 unspecified atom stereocenters. The smallest absolute Gasteiger partial charge is 0.408 e. The van der Waals surface area contributed by atoms with E-state index in [-0.39, 0.29) is 24.2 Å². The number of amides is 3. The van der Waals surface area contributed by atoms with Crippen molar-refractivity contribution in [3.63, 3.8) is 0 Å². The van der Waals surface area contributed by atoms with Crippen molar-refractivity contribution in [2.45, 2.75) is 96.9 Å². The lowest BCUT2D eigenvalue weighted by molar-refractivity contribution is -0.142. The molecule has 0 aliphatic heterocycles. The molecule has 3 N–H and O–H groups in total. The number of hydrogen-bond acceptors (Lipinski definition) is 5. The van der Waals surface area contributed by atoms with Crippen molar-refractivity contribution in [3.05, 3.63) is 29.8 Å². The quantitative estimate of drug-likeness (QED) is 0.542. The maximum absolute atomic E-state index is 13.5. The Morgan fingerprint density at radius 2 is 1.79 bits per heavy atom. The minimum Gasteiger partial charge on any atom is -0.508 e. The van der Waals surface area contributed by atoms with Gasteiger partial charge < -0.3 is 25.4 Å². The Bertz CT molecular complexity index is 815. The molecule has 0 aromatic heterocycles. The van der Waals surface area contributed by atoms with Crippen LogP contribution in [0.3, 0.4) is 0 Å². The lowest BCUT2D eigenvalue weighted by Crippen LogP contribution is -2.53. The molecule has 2 atom stereocenters. The number of carbonyl (C=O) groups is 3. The molecule has 8 nitrogen and oxygen atoms in total. The zero-order valence-corrected chi connectivity index (χ0v) is 20.5. The van der Waals surface area contributed by atoms with Crippen molar-refractivity contribution in [2.24, 2.45) is 0 Å². The van der Waals surface area contributed by atoms with E-state index in [0.29, 0.717) is 12.0 Å². The largest absolute Gasteiger partial charge is 0.508 e. The number of hydrogen-bond donors (Lipinski definition) is 3. The third-order valence-electron chi connectivity index (χ3n) is 5.59. The number of alkyl carbamates (subject to hydrolysis) is 1. The number of nitrogens with zero attached hydrogens (tertiary/aromatic N) is 1. The molecule has 0 radical (unpaired) electrons. The monoisotopic (exact) mass is 461 g/mol. The van der Waals surface area contributed by atoms with Crippen LogP contribution in [0.1, 0.15) is 84.7 Å². The molecule has 1 aliphatic carbocycles. The topological polar surface area (TPSA) is 108 Å². The van der Waals surface area contributed by atoms with E-state index in [1.54, 1.807) is 45.9 Å². The molecule has 8 heteroatoms. The van der Waals surface area contributed by atoms with E-state index in [9.17, 15) is 19.5 Å². The van der Waals surface area contributed by atoms with Crippen LogP contribution in [0.15, 0.2) is 24.3 Å². The maximum atomic E-state index is 13.5. The molecule has 1 saturated carbocycles. The number of ether oxygens (including phenoxy) is 1. The molecule has 3 amide bonds. The van der Waals surface area contributed by atoms with Crippen LogP contribution in [0.25, 0.3) is 0 Å². The number of rotatable bonds is 8. The minimum atomic E-state index is -1.01. The molecule has 184 valence electrons. The fourth-order valence-corrected chi connectivity index (χ4v) is 4.10. The van der Waals surface area contributed by atoms with Crippen LogP contribution in [-0.2, 0) is 14.3 Å². The summed E-state index contributed by atoms with van der Waals surface area (Å²) in [5.41, 5.74) is -0.342. The predicted molar refractivity (Wildman–Crippen MR) is 127 cm³/mol. The van der Waals surface area contributed by atoms with Crippen molar-refractivity contribution in [3.8, 4) is 5.75 Å². The van der Waals surface area contributed by atoms with Gasteiger partial charge in [-0.3, -0.25) is 9.59 Å². The fraction of sp³-hybridized carbons (Fsp3) is 0.640. The number of carbonyl (C=O) groups excluding carboxylic acids is 3. The van der Waals surface area contributed by atoms with E-state index < -0.39 is 29.7 Å². The first kappa shape index (κ1) is 26.5. The van der Waals surface area contributed by atoms with Gasteiger partial charge in [-0.2, -0.15) is 0 Å². The van der Waals surface area contributed by atoms with Gasteiger partial charge in [0.1, 0.15) is 23.4 Å². The van der Waals surface area contributed by atoms with Gasteiger partial charge in [0.25, 0.3) is 0 Å². The molecule has 1 aromatic rings. The molecule has 1 fully saturated rings. The molecule has 0 heterocycles. The number of nitrogens with one attached hydrogen (secondary N) is 2. The van der Waals surface area contributed by atoms with Crippen LogP contribution < -0.4 is 10.6 Å². The second kappa shape index (κ2) is 11.9. The van der Waals surface area contributed by atoms with Gasteiger partial charge in [-0.15, -0.1) is 0 Å². The average Bonchev–Trinajstić information content (AvgIpc) is 2.73. The van der Waals surface area contributed by atoms with Gasteiger partial charge in [0.05, 0.1) is 0 Å². The summed E-state index contributed by atoms with van der Waals surface area (Å²) in [6, 6.07) is 4.69. The van der Waals surface area contributed by atoms with Gasteiger partial charge in [0.2, 0.25) is 11.8 Å². The zero-order chi connectivity index (χ0) is 24.6. The van der Waals surface area contributed by atoms with Crippen molar-refractivity contribution in [1.82, 2.24) is 15.5 Å². The van der Waals surface area contributed by atoms with Gasteiger partial charge in [-0.25, -0.2) is 4.79 Å². The van der Waals surface area contributed by atoms with E-state index in [0.717, 1.165) is 32.1 Å². The number of aromatic hydroxyl groups is 1. The van der Waals surface area contributed by atoms with E-state index >= 15 is 0 Å². The van der Waals surface area contributed by atoms with E-state index in [1.165, 1.54) is 11.0 Å². The Morgan fingerprint density at radius 3 is 2.36 bits per heavy atom. The Kier molecular flexibility index (Phi) is 9.56. The highest BCUT2D eigenvalue weighted by Crippen LogP contribution is 2.30. The molecular weight excluding hydrogens is 422 g/mol. The van der Waals surface area contributed by atoms with E-state index in [1.807, 2.05) is 6.92 Å². The van der Waals surface area contributed by atoms with Crippen LogP contribution in [0, 0.1) is 0 Å². The van der Waals surface area contributed by atoms with Crippen molar-refractivity contribution in [1.29, 1.82) is 0 Å². The van der Waals surface area contributed by atoms with E-state index in [4.69, 9.17) is 4.74 Å². The highest BCUT2D eigenvalue weighted by atomic mass is 16.6. The average molecular weight is 462 g/mol. The van der Waals surface area contributed by atoms with Gasteiger partial charge in [-0.1, -0.05) is 44.4 Å². The summed E-state index contributed by atoms with van der Waals surface area (Å²) in [4.78, 5) is 40.6. The minimum absolute atomic E-state index is 0.0514. The first-order chi connectivity index (χ1) is 15.5. The summed E-state index contributed by atoms with van der Waals surface area (Å²) in [5.74, 6) is -0.799. The van der Waals surface area contributed by atoms with Gasteiger partial charge in [0.15, 0.2) is 0 Å². The summed E-state index contributed by atoms with van der Waals surface area (Å²) in [6.07, 6.45) is 4.97. The third-order valence-corrected chi connectivity index (χ3v) is 5.59. The third kappa shape index (κ3) is 7.94. The lowest BCUT2D eigenvalue weighted by atomic mass is 9.94. The van der Waals surface area contributed by atoms with Crippen LogP contribution in [0.4, 0.5) is 4.79 Å². The first-order valence-electron chi connectivity index (χ1n) is 11.9. The summed E-state index contributed by atoms with van der Waals surface area (Å²) in [5, 5.41) is 16.2. The SMILES string of the molecule is CCCN(C(=O)C(C)NC(=O)OC(C)(C)C)C(C(=O)NC1CCCCC1)c1ccccc1O. The summed E-state index contributed by atoms with van der Waals surface area (Å²) >= 11 is 0. The summed E-state index contributed by atoms with van der Waals surface area (Å²) in [7, 11) is 0. The molecule has 0 saturated heterocycles. The van der Waals surface area contributed by atoms with Gasteiger partial charge in [-0.05, 0) is 53.0 Å². The molecular formula is C25H39N3O5. The highest BCUT2D eigenvalue weighted by molar-refractivity contribution is 5.92. The highest BCUT2D eigenvalue weighted by Gasteiger charge is 2.36. The number of phenolic OH excluding ortho intramolecular Hbond substituents is 1. The molecule has 1 aliphatic rings. The molecule has 0 spiro atoms. The maximum Gasteiger partial charge on any atom is 0.408 e. The Labute approximate surface area is 197 Å². The Balaban J connectivity index is 2.31. The summed E-state index contributed by atoms with van der Waals surface area (Å²) in [6.45, 7) is 8.99. The molecule has 1 aromatic carbocycles. The Hall–Kier alpha value is -2.77. The summed E-state index contributed by atoms with van der Waals surface area (Å²) < 4.78 is 5.27. The predicted octanol–water partition coefficient (Wildman–Crippen LogP) is 4.03. The first-order valence-corrected chi connectivity index (χ1v) is 11.9. The van der Waals surface area contributed by atoms with Crippen molar-refractivity contribution in [2.75, 3.05) is 6.54 Å². The number of benzene rings is 1. The Morgan fingerprint density at radius 1 is 1.15 bits per heavy atom. The second-order valence-electron chi connectivity index (χ2n) is 9.70. The van der Waals surface area contributed by atoms with E-state index in [2.05, 4.69) is 10.6 Å². The van der Waals surface area contributed by atoms with Crippen LogP contribution in [0.5, 0.6) is 5.75 Å². The standard InChI is InChI=1S/C25H39N3O5/c1-6-16-28(23(31)17(2)26-24(32)33-25(3,4)5)21(19-14-10-11-15-20(19)29)22(30)27-18-12-8-7-9-13-18/h10-11,14-15,17-18,21,29H,6-9,12-13,16H2,1-5H3,(H,26,32)(H,27,30). The lowest BCUT2D eigenvalue weighted by Gasteiger charge is -2.35. The van der Waals surface area contributed by atoms with Crippen LogP contribution >= 0.6 is 0 Å². The zero-order valence-electron chi connectivity index (χ0n) is 20.5. The number of para-hydroxylation sites is 1. The van der Waals surface area contributed by atoms with Crippen molar-refractivity contribution >= 4 is 17.9 Å². The molecule has 0 bridgehead atoms. The second-order valence-corrected chi connectivity index (χ2v) is 9.70. The molecule has 33 heavy (non-hydrogen) atoms. The number of phenols is 1. The van der Waals surface area contributed by atoms with Gasteiger partial charge in [0, 0.05) is 18.2 Å². The van der Waals surface area contributed by atoms with Crippen molar-refractivity contribution < 1.29 is 24.2 Å².